The summed E-state index contributed by atoms with van der Waals surface area (Å²) in [5.41, 5.74) is -2.24. The molecule has 0 saturated carbocycles. The molecule has 11 heteroatoms. The highest BCUT2D eigenvalue weighted by atomic mass is 32.4. The van der Waals surface area contributed by atoms with Gasteiger partial charge in [0.15, 0.2) is 0 Å². The Labute approximate surface area is 145 Å². The Hall–Kier alpha value is -0.830. The standard InChI is InChI=1S/C13H21F3NO5PS/c1-6-20-10(18)7-17(11(19)12(14,15)16)13(23-24,21-8(2)3)22-9(4)5/h8-9H,6-7H2,1-5H3. The SMILES string of the molecule is CCOC(=O)CN(C(=O)C(F)(F)F)C(OC(C)C)(OC(C)C)P=S. The van der Waals surface area contributed by atoms with E-state index in [0.717, 1.165) is 0 Å². The van der Waals surface area contributed by atoms with Gasteiger partial charge in [0.2, 0.25) is 0 Å². The van der Waals surface area contributed by atoms with Gasteiger partial charge in [0.1, 0.15) is 6.54 Å². The first-order valence-corrected chi connectivity index (χ1v) is 9.05. The van der Waals surface area contributed by atoms with Crippen molar-refractivity contribution in [3.8, 4) is 0 Å². The van der Waals surface area contributed by atoms with Crippen LogP contribution in [0.4, 0.5) is 13.2 Å². The third-order valence-corrected chi connectivity index (χ3v) is 3.69. The van der Waals surface area contributed by atoms with Crippen LogP contribution >= 0.6 is 7.36 Å². The number of hydrogen-bond acceptors (Lipinski definition) is 6. The summed E-state index contributed by atoms with van der Waals surface area (Å²) in [5.74, 6) is -3.33. The zero-order valence-electron chi connectivity index (χ0n) is 14.0. The molecule has 0 radical (unpaired) electrons. The first-order chi connectivity index (χ1) is 10.9. The average Bonchev–Trinajstić information content (AvgIpc) is 2.41. The Morgan fingerprint density at radius 2 is 1.58 bits per heavy atom. The fourth-order valence-corrected chi connectivity index (χ4v) is 2.97. The number of nitrogens with zero attached hydrogens (tertiary/aromatic N) is 1. The van der Waals surface area contributed by atoms with Crippen molar-refractivity contribution in [2.24, 2.45) is 0 Å². The zero-order valence-corrected chi connectivity index (χ0v) is 15.8. The molecule has 0 unspecified atom stereocenters. The molecule has 0 atom stereocenters. The molecule has 0 saturated heterocycles. The van der Waals surface area contributed by atoms with E-state index in [0.29, 0.717) is 0 Å². The second kappa shape index (κ2) is 9.60. The van der Waals surface area contributed by atoms with Gasteiger partial charge in [-0.3, -0.25) is 14.5 Å². The lowest BCUT2D eigenvalue weighted by Crippen LogP contribution is -2.58. The molecule has 0 aliphatic carbocycles. The molecule has 0 spiro atoms. The number of carbonyl (C=O) groups is 2. The van der Waals surface area contributed by atoms with E-state index < -0.39 is 42.5 Å². The quantitative estimate of drug-likeness (QED) is 0.342. The molecule has 6 nitrogen and oxygen atoms in total. The Kier molecular flexibility index (Phi) is 9.27. The summed E-state index contributed by atoms with van der Waals surface area (Å²) in [5, 5.41) is 0. The number of ether oxygens (including phenoxy) is 3. The van der Waals surface area contributed by atoms with Crippen LogP contribution in [0.3, 0.4) is 0 Å². The van der Waals surface area contributed by atoms with Gasteiger partial charge in [-0.2, -0.15) is 13.2 Å². The van der Waals surface area contributed by atoms with Crippen LogP contribution in [0, 0.1) is 0 Å². The number of halogens is 3. The van der Waals surface area contributed by atoms with E-state index in [9.17, 15) is 22.8 Å². The van der Waals surface area contributed by atoms with Gasteiger partial charge >= 0.3 is 23.7 Å². The fraction of sp³-hybridized carbons (Fsp3) is 0.846. The van der Waals surface area contributed by atoms with Crippen LogP contribution in [0.25, 0.3) is 0 Å². The van der Waals surface area contributed by atoms with E-state index >= 15 is 0 Å². The van der Waals surface area contributed by atoms with Gasteiger partial charge in [0.25, 0.3) is 0 Å². The van der Waals surface area contributed by atoms with Crippen LogP contribution in [0.1, 0.15) is 34.6 Å². The van der Waals surface area contributed by atoms with Gasteiger partial charge in [0, 0.05) is 0 Å². The van der Waals surface area contributed by atoms with E-state index in [1.807, 2.05) is 0 Å². The summed E-state index contributed by atoms with van der Waals surface area (Å²) in [6.07, 6.45) is -6.48. The molecule has 0 rings (SSSR count). The lowest BCUT2D eigenvalue weighted by atomic mass is 10.4. The topological polar surface area (TPSA) is 65.1 Å². The number of alkyl halides is 3. The fourth-order valence-electron chi connectivity index (χ4n) is 1.65. The highest BCUT2D eigenvalue weighted by molar-refractivity contribution is 7.96. The van der Waals surface area contributed by atoms with Gasteiger partial charge in [-0.15, -0.1) is 0 Å². The summed E-state index contributed by atoms with van der Waals surface area (Å²) >= 11 is 4.87. The van der Waals surface area contributed by atoms with Gasteiger partial charge in [-0.25, -0.2) is 0 Å². The summed E-state index contributed by atoms with van der Waals surface area (Å²) in [4.78, 5) is 23.7. The van der Waals surface area contributed by atoms with Crippen molar-refractivity contribution >= 4 is 31.0 Å². The number of rotatable bonds is 9. The Balaban J connectivity index is 5.99. The predicted octanol–water partition coefficient (Wildman–Crippen LogP) is 2.81. The molecule has 0 aliphatic rings. The van der Waals surface area contributed by atoms with E-state index in [2.05, 4.69) is 4.74 Å². The van der Waals surface area contributed by atoms with Gasteiger partial charge in [-0.1, -0.05) is 0 Å². The molecule has 0 aromatic heterocycles. The molecule has 1 amide bonds. The monoisotopic (exact) mass is 391 g/mol. The van der Waals surface area contributed by atoms with Gasteiger partial charge < -0.3 is 14.2 Å². The minimum absolute atomic E-state index is 0.0540. The number of carbonyl (C=O) groups excluding carboxylic acids is 2. The lowest BCUT2D eigenvalue weighted by Gasteiger charge is -2.40. The van der Waals surface area contributed by atoms with Crippen molar-refractivity contribution in [3.05, 3.63) is 0 Å². The summed E-state index contributed by atoms with van der Waals surface area (Å²) in [6, 6.07) is 0. The molecule has 0 aromatic carbocycles. The number of amides is 1. The predicted molar refractivity (Wildman–Crippen MR) is 83.9 cm³/mol. The third-order valence-electron chi connectivity index (χ3n) is 2.32. The molecular formula is C13H21F3NO5PS. The van der Waals surface area contributed by atoms with Crippen molar-refractivity contribution in [2.45, 2.75) is 58.7 Å². The Morgan fingerprint density at radius 1 is 1.12 bits per heavy atom. The van der Waals surface area contributed by atoms with Crippen molar-refractivity contribution in [1.29, 1.82) is 0 Å². The molecular weight excluding hydrogens is 370 g/mol. The number of esters is 1. The minimum atomic E-state index is -5.24. The van der Waals surface area contributed by atoms with E-state index in [1.54, 1.807) is 27.7 Å². The third kappa shape index (κ3) is 6.96. The normalized spacial score (nSPS) is 12.8. The Bertz CT molecular complexity index is 449. The average molecular weight is 391 g/mol. The summed E-state index contributed by atoms with van der Waals surface area (Å²) < 4.78 is 54.4. The maximum atomic E-state index is 13.0. The van der Waals surface area contributed by atoms with Crippen molar-refractivity contribution in [1.82, 2.24) is 4.90 Å². The molecule has 24 heavy (non-hydrogen) atoms. The second-order valence-corrected chi connectivity index (χ2v) is 6.46. The molecule has 0 heterocycles. The van der Waals surface area contributed by atoms with Crippen molar-refractivity contribution in [2.75, 3.05) is 13.2 Å². The minimum Gasteiger partial charge on any atom is -0.465 e. The van der Waals surface area contributed by atoms with Crippen LogP contribution in [0.2, 0.25) is 0 Å². The molecule has 0 fully saturated rings. The molecule has 0 aromatic rings. The molecule has 0 N–H and O–H groups in total. The van der Waals surface area contributed by atoms with Gasteiger partial charge in [-0.05, 0) is 46.4 Å². The van der Waals surface area contributed by atoms with Crippen LogP contribution in [0.5, 0.6) is 0 Å². The first-order valence-electron chi connectivity index (χ1n) is 7.14. The maximum Gasteiger partial charge on any atom is 0.471 e. The van der Waals surface area contributed by atoms with E-state index in [-0.39, 0.29) is 18.9 Å². The van der Waals surface area contributed by atoms with Crippen LogP contribution in [-0.2, 0) is 35.6 Å². The lowest BCUT2D eigenvalue weighted by molar-refractivity contribution is -0.287. The van der Waals surface area contributed by atoms with E-state index in [1.165, 1.54) is 6.92 Å². The van der Waals surface area contributed by atoms with Crippen molar-refractivity contribution < 1.29 is 37.0 Å². The molecule has 0 bridgehead atoms. The zero-order chi connectivity index (χ0) is 19.1. The summed E-state index contributed by atoms with van der Waals surface area (Å²) in [7, 11) is -0.241. The van der Waals surface area contributed by atoms with Crippen LogP contribution in [0.15, 0.2) is 0 Å². The largest absolute Gasteiger partial charge is 0.471 e. The van der Waals surface area contributed by atoms with Crippen LogP contribution < -0.4 is 0 Å². The van der Waals surface area contributed by atoms with Crippen molar-refractivity contribution in [3.63, 3.8) is 0 Å². The molecule has 0 aliphatic heterocycles. The molecule has 140 valence electrons. The maximum absolute atomic E-state index is 13.0. The van der Waals surface area contributed by atoms with Crippen LogP contribution in [-0.4, -0.2) is 54.0 Å². The number of hydrogen-bond donors (Lipinski definition) is 0. The highest BCUT2D eigenvalue weighted by Crippen LogP contribution is 2.36. The summed E-state index contributed by atoms with van der Waals surface area (Å²) in [6.45, 7) is 6.59. The smallest absolute Gasteiger partial charge is 0.465 e. The Morgan fingerprint density at radius 3 is 1.88 bits per heavy atom. The highest BCUT2D eigenvalue weighted by Gasteiger charge is 2.53. The van der Waals surface area contributed by atoms with Gasteiger partial charge in [0.05, 0.1) is 26.2 Å². The first kappa shape index (κ1) is 23.2. The van der Waals surface area contributed by atoms with E-state index in [4.69, 9.17) is 21.3 Å². The second-order valence-electron chi connectivity index (χ2n) is 5.17.